The molecule has 2 N–H and O–H groups in total. The summed E-state index contributed by atoms with van der Waals surface area (Å²) in [5.74, 6) is 0.228. The Hall–Kier alpha value is -2.10. The fourth-order valence-electron chi connectivity index (χ4n) is 3.10. The van der Waals surface area contributed by atoms with Crippen LogP contribution in [0.25, 0.3) is 10.2 Å². The molecule has 1 heterocycles. The first kappa shape index (κ1) is 21.6. The molecule has 0 saturated heterocycles. The number of amides is 1. The van der Waals surface area contributed by atoms with E-state index in [0.717, 1.165) is 26.4 Å². The molecule has 3 aromatic rings. The zero-order valence-electron chi connectivity index (χ0n) is 16.7. The Morgan fingerprint density at radius 1 is 1.14 bits per heavy atom. The van der Waals surface area contributed by atoms with Crippen LogP contribution < -0.4 is 10.0 Å². The molecular weight excluding hydrogens is 426 g/mol. The van der Waals surface area contributed by atoms with E-state index >= 15 is 0 Å². The van der Waals surface area contributed by atoms with Crippen LogP contribution in [0.3, 0.4) is 0 Å². The highest BCUT2D eigenvalue weighted by molar-refractivity contribution is 8.01. The summed E-state index contributed by atoms with van der Waals surface area (Å²) in [6, 6.07) is 9.44. The van der Waals surface area contributed by atoms with Crippen molar-refractivity contribution in [3.05, 3.63) is 52.6 Å². The number of carbonyl (C=O) groups is 1. The molecule has 0 radical (unpaired) electrons. The van der Waals surface area contributed by atoms with Gasteiger partial charge in [-0.3, -0.25) is 9.52 Å². The molecule has 0 atom stereocenters. The smallest absolute Gasteiger partial charge is 0.230 e. The van der Waals surface area contributed by atoms with Gasteiger partial charge in [0.25, 0.3) is 0 Å². The maximum Gasteiger partial charge on any atom is 0.230 e. The SMILES string of the molecule is Cc1cc(C)c(CNC(=O)CSc2nc3ccc(NS(C)(=O)=O)cc3s2)c(C)c1. The molecule has 0 unspecified atom stereocenters. The predicted molar refractivity (Wildman–Crippen MR) is 121 cm³/mol. The number of anilines is 1. The Bertz CT molecular complexity index is 1150. The second-order valence-corrected chi connectivity index (χ2v) is 11.0. The van der Waals surface area contributed by atoms with Gasteiger partial charge in [0.1, 0.15) is 0 Å². The third-order valence-electron chi connectivity index (χ3n) is 4.30. The maximum absolute atomic E-state index is 12.3. The molecule has 0 aliphatic rings. The van der Waals surface area contributed by atoms with E-state index in [-0.39, 0.29) is 11.7 Å². The van der Waals surface area contributed by atoms with E-state index in [2.05, 4.69) is 47.9 Å². The lowest BCUT2D eigenvalue weighted by atomic mass is 10.00. The molecular formula is C20H23N3O3S3. The first-order valence-corrected chi connectivity index (χ1v) is 12.6. The lowest BCUT2D eigenvalue weighted by Gasteiger charge is -2.12. The largest absolute Gasteiger partial charge is 0.351 e. The molecule has 0 fully saturated rings. The van der Waals surface area contributed by atoms with E-state index in [9.17, 15) is 13.2 Å². The number of nitrogens with zero attached hydrogens (tertiary/aromatic N) is 1. The van der Waals surface area contributed by atoms with Gasteiger partial charge in [0.15, 0.2) is 4.34 Å². The predicted octanol–water partition coefficient (Wildman–Crippen LogP) is 4.00. The molecule has 0 bridgehead atoms. The second-order valence-electron chi connectivity index (χ2n) is 6.98. The zero-order chi connectivity index (χ0) is 21.2. The molecule has 154 valence electrons. The summed E-state index contributed by atoms with van der Waals surface area (Å²) < 4.78 is 26.8. The van der Waals surface area contributed by atoms with Crippen LogP contribution in [0.4, 0.5) is 5.69 Å². The quantitative estimate of drug-likeness (QED) is 0.532. The van der Waals surface area contributed by atoms with Crippen molar-refractivity contribution in [1.82, 2.24) is 10.3 Å². The molecule has 1 aromatic heterocycles. The molecule has 9 heteroatoms. The van der Waals surface area contributed by atoms with Crippen molar-refractivity contribution in [3.8, 4) is 0 Å². The van der Waals surface area contributed by atoms with Crippen molar-refractivity contribution in [1.29, 1.82) is 0 Å². The molecule has 1 amide bonds. The Labute approximate surface area is 179 Å². The normalized spacial score (nSPS) is 11.6. The van der Waals surface area contributed by atoms with Crippen molar-refractivity contribution in [2.24, 2.45) is 0 Å². The molecule has 3 rings (SSSR count). The molecule has 0 aliphatic heterocycles. The van der Waals surface area contributed by atoms with Gasteiger partial charge in [-0.05, 0) is 55.7 Å². The fourth-order valence-corrected chi connectivity index (χ4v) is 5.59. The minimum absolute atomic E-state index is 0.0481. The third kappa shape index (κ3) is 5.94. The van der Waals surface area contributed by atoms with Crippen LogP contribution in [0.2, 0.25) is 0 Å². The van der Waals surface area contributed by atoms with E-state index in [1.807, 2.05) is 0 Å². The standard InChI is InChI=1S/C20H23N3O3S3/c1-12-7-13(2)16(14(3)8-12)10-21-19(24)11-27-20-22-17-6-5-15(9-18(17)28-20)23-29(4,25)26/h5-9,23H,10-11H2,1-4H3,(H,21,24). The summed E-state index contributed by atoms with van der Waals surface area (Å²) in [5.41, 5.74) is 6.01. The topological polar surface area (TPSA) is 88.2 Å². The highest BCUT2D eigenvalue weighted by atomic mass is 32.2. The van der Waals surface area contributed by atoms with Gasteiger partial charge in [-0.2, -0.15) is 0 Å². The molecule has 29 heavy (non-hydrogen) atoms. The van der Waals surface area contributed by atoms with Crippen molar-refractivity contribution in [2.45, 2.75) is 31.7 Å². The fraction of sp³-hybridized carbons (Fsp3) is 0.300. The molecule has 0 aliphatic carbocycles. The van der Waals surface area contributed by atoms with E-state index in [0.29, 0.717) is 12.2 Å². The van der Waals surface area contributed by atoms with Gasteiger partial charge in [0, 0.05) is 6.54 Å². The zero-order valence-corrected chi connectivity index (χ0v) is 19.1. The van der Waals surface area contributed by atoms with Crippen molar-refractivity contribution < 1.29 is 13.2 Å². The number of hydrogen-bond donors (Lipinski definition) is 2. The minimum Gasteiger partial charge on any atom is -0.351 e. The number of aromatic nitrogens is 1. The van der Waals surface area contributed by atoms with Crippen molar-refractivity contribution in [3.63, 3.8) is 0 Å². The average molecular weight is 450 g/mol. The summed E-state index contributed by atoms with van der Waals surface area (Å²) >= 11 is 2.81. The van der Waals surface area contributed by atoms with Gasteiger partial charge in [-0.25, -0.2) is 13.4 Å². The van der Waals surface area contributed by atoms with Crippen LogP contribution in [0.1, 0.15) is 22.3 Å². The molecule has 6 nitrogen and oxygen atoms in total. The number of thiazole rings is 1. The number of thioether (sulfide) groups is 1. The Morgan fingerprint density at radius 2 is 1.83 bits per heavy atom. The van der Waals surface area contributed by atoms with Gasteiger partial charge in [0.05, 0.1) is 27.9 Å². The number of aryl methyl sites for hydroxylation is 3. The summed E-state index contributed by atoms with van der Waals surface area (Å²) in [5, 5.41) is 2.98. The van der Waals surface area contributed by atoms with E-state index in [1.54, 1.807) is 18.2 Å². The van der Waals surface area contributed by atoms with Gasteiger partial charge < -0.3 is 5.32 Å². The van der Waals surface area contributed by atoms with E-state index < -0.39 is 10.0 Å². The second kappa shape index (κ2) is 8.73. The Morgan fingerprint density at radius 3 is 2.48 bits per heavy atom. The van der Waals surface area contributed by atoms with Gasteiger partial charge >= 0.3 is 0 Å². The summed E-state index contributed by atoms with van der Waals surface area (Å²) in [4.78, 5) is 16.8. The monoisotopic (exact) mass is 449 g/mol. The first-order chi connectivity index (χ1) is 13.6. The number of rotatable bonds is 7. The number of carbonyl (C=O) groups excluding carboxylic acids is 1. The van der Waals surface area contributed by atoms with Gasteiger partial charge in [-0.15, -0.1) is 11.3 Å². The molecule has 0 spiro atoms. The summed E-state index contributed by atoms with van der Waals surface area (Å²) in [7, 11) is -3.32. The number of nitrogens with one attached hydrogen (secondary N) is 2. The number of hydrogen-bond acceptors (Lipinski definition) is 6. The highest BCUT2D eigenvalue weighted by Crippen LogP contribution is 2.31. The van der Waals surface area contributed by atoms with Crippen LogP contribution in [0, 0.1) is 20.8 Å². The number of benzene rings is 2. The molecule has 0 saturated carbocycles. The van der Waals surface area contributed by atoms with E-state index in [4.69, 9.17) is 0 Å². The third-order valence-corrected chi connectivity index (χ3v) is 7.07. The Balaban J connectivity index is 1.59. The lowest BCUT2D eigenvalue weighted by molar-refractivity contribution is -0.118. The number of fused-ring (bicyclic) bond motifs is 1. The minimum atomic E-state index is -3.32. The van der Waals surface area contributed by atoms with Crippen LogP contribution in [0.5, 0.6) is 0 Å². The van der Waals surface area contributed by atoms with Crippen LogP contribution in [-0.2, 0) is 21.4 Å². The summed E-state index contributed by atoms with van der Waals surface area (Å²) in [6.07, 6.45) is 1.11. The average Bonchev–Trinajstić information content (AvgIpc) is 2.99. The maximum atomic E-state index is 12.3. The number of sulfonamides is 1. The van der Waals surface area contributed by atoms with Gasteiger partial charge in [0.2, 0.25) is 15.9 Å². The first-order valence-electron chi connectivity index (χ1n) is 8.95. The van der Waals surface area contributed by atoms with Gasteiger partial charge in [-0.1, -0.05) is 29.5 Å². The summed E-state index contributed by atoms with van der Waals surface area (Å²) in [6.45, 7) is 6.70. The van der Waals surface area contributed by atoms with Crippen LogP contribution in [0.15, 0.2) is 34.7 Å². The van der Waals surface area contributed by atoms with Crippen LogP contribution in [-0.4, -0.2) is 31.3 Å². The lowest BCUT2D eigenvalue weighted by Crippen LogP contribution is -2.25. The van der Waals surface area contributed by atoms with Crippen molar-refractivity contribution in [2.75, 3.05) is 16.7 Å². The molecule has 2 aromatic carbocycles. The van der Waals surface area contributed by atoms with Crippen LogP contribution >= 0.6 is 23.1 Å². The Kier molecular flexibility index (Phi) is 6.50. The van der Waals surface area contributed by atoms with E-state index in [1.165, 1.54) is 39.8 Å². The van der Waals surface area contributed by atoms with Crippen molar-refractivity contribution >= 4 is 54.9 Å². The highest BCUT2D eigenvalue weighted by Gasteiger charge is 2.11.